The van der Waals surface area contributed by atoms with E-state index >= 15 is 0 Å². The van der Waals surface area contributed by atoms with E-state index in [0.29, 0.717) is 25.1 Å². The average molecular weight is 282 g/mol. The van der Waals surface area contributed by atoms with Gasteiger partial charge < -0.3 is 11.1 Å². The first-order valence-corrected chi connectivity index (χ1v) is 8.10. The molecule has 1 heterocycles. The molecule has 3 N–H and O–H groups in total. The van der Waals surface area contributed by atoms with E-state index in [-0.39, 0.29) is 23.3 Å². The third-order valence-corrected chi connectivity index (χ3v) is 5.14. The number of amides is 1. The summed E-state index contributed by atoms with van der Waals surface area (Å²) in [5.74, 6) is 0.262. The fraction of sp³-hybridized carbons (Fsp3) is 0.462. The van der Waals surface area contributed by atoms with Crippen molar-refractivity contribution in [1.82, 2.24) is 5.32 Å². The van der Waals surface area contributed by atoms with Gasteiger partial charge in [0.1, 0.15) is 0 Å². The summed E-state index contributed by atoms with van der Waals surface area (Å²) in [6.07, 6.45) is 0.630. The minimum Gasteiger partial charge on any atom is -0.352 e. The zero-order valence-corrected chi connectivity index (χ0v) is 11.4. The zero-order chi connectivity index (χ0) is 13.9. The van der Waals surface area contributed by atoms with Crippen molar-refractivity contribution >= 4 is 15.7 Å². The predicted octanol–water partition coefficient (Wildman–Crippen LogP) is 0.310. The van der Waals surface area contributed by atoms with Crippen LogP contribution in [-0.2, 0) is 16.4 Å². The van der Waals surface area contributed by atoms with Gasteiger partial charge in [-0.2, -0.15) is 0 Å². The quantitative estimate of drug-likeness (QED) is 0.831. The number of carbonyl (C=O) groups is 1. The Morgan fingerprint density at radius 2 is 2.21 bits per heavy atom. The summed E-state index contributed by atoms with van der Waals surface area (Å²) in [6, 6.07) is 7.12. The highest BCUT2D eigenvalue weighted by molar-refractivity contribution is 7.91. The Balaban J connectivity index is 1.91. The van der Waals surface area contributed by atoms with Crippen molar-refractivity contribution in [1.29, 1.82) is 0 Å². The smallest absolute Gasteiger partial charge is 0.251 e. The summed E-state index contributed by atoms with van der Waals surface area (Å²) in [5, 5.41) is 2.79. The number of nitrogens with two attached hydrogens (primary N) is 1. The Morgan fingerprint density at radius 3 is 2.84 bits per heavy atom. The Bertz CT molecular complexity index is 569. The van der Waals surface area contributed by atoms with Crippen LogP contribution in [0.4, 0.5) is 0 Å². The fourth-order valence-corrected chi connectivity index (χ4v) is 4.07. The third-order valence-electron chi connectivity index (χ3n) is 3.30. The fourth-order valence-electron chi connectivity index (χ4n) is 2.21. The third kappa shape index (κ3) is 3.78. The molecule has 1 aliphatic rings. The molecule has 0 radical (unpaired) electrons. The van der Waals surface area contributed by atoms with E-state index in [4.69, 9.17) is 5.73 Å². The van der Waals surface area contributed by atoms with Gasteiger partial charge in [-0.1, -0.05) is 12.1 Å². The highest BCUT2D eigenvalue weighted by Crippen LogP contribution is 2.17. The van der Waals surface area contributed by atoms with Crippen molar-refractivity contribution in [2.45, 2.75) is 13.0 Å². The number of rotatable bonds is 4. The molecule has 1 saturated heterocycles. The van der Waals surface area contributed by atoms with Crippen LogP contribution in [0.3, 0.4) is 0 Å². The molecule has 6 heteroatoms. The van der Waals surface area contributed by atoms with E-state index in [0.717, 1.165) is 5.56 Å². The van der Waals surface area contributed by atoms with Crippen LogP contribution in [-0.4, -0.2) is 32.4 Å². The number of nitrogens with one attached hydrogen (secondary N) is 1. The van der Waals surface area contributed by atoms with Crippen molar-refractivity contribution in [3.8, 4) is 0 Å². The van der Waals surface area contributed by atoms with Gasteiger partial charge in [-0.25, -0.2) is 8.42 Å². The van der Waals surface area contributed by atoms with Crippen molar-refractivity contribution in [2.75, 3.05) is 18.1 Å². The number of hydrogen-bond acceptors (Lipinski definition) is 4. The standard InChI is InChI=1S/C13H18N2O3S/c14-7-10-2-1-3-12(6-10)13(16)15-8-11-4-5-19(17,18)9-11/h1-3,6,11H,4-5,7-9,14H2,(H,15,16). The van der Waals surface area contributed by atoms with Crippen LogP contribution in [0.5, 0.6) is 0 Å². The lowest BCUT2D eigenvalue weighted by atomic mass is 10.1. The predicted molar refractivity (Wildman–Crippen MR) is 73.4 cm³/mol. The van der Waals surface area contributed by atoms with Gasteiger partial charge in [0.15, 0.2) is 9.84 Å². The maximum absolute atomic E-state index is 11.9. The Kier molecular flexibility index (Phi) is 4.21. The van der Waals surface area contributed by atoms with Crippen LogP contribution in [0.2, 0.25) is 0 Å². The summed E-state index contributed by atoms with van der Waals surface area (Å²) in [7, 11) is -2.89. The summed E-state index contributed by atoms with van der Waals surface area (Å²) in [4.78, 5) is 11.9. The molecular weight excluding hydrogens is 264 g/mol. The van der Waals surface area contributed by atoms with Gasteiger partial charge in [-0.05, 0) is 30.0 Å². The molecule has 2 rings (SSSR count). The molecule has 0 saturated carbocycles. The lowest BCUT2D eigenvalue weighted by Gasteiger charge is -2.10. The molecule has 1 aliphatic heterocycles. The van der Waals surface area contributed by atoms with Crippen molar-refractivity contribution < 1.29 is 13.2 Å². The molecule has 104 valence electrons. The Hall–Kier alpha value is -1.40. The van der Waals surface area contributed by atoms with E-state index < -0.39 is 9.84 Å². The van der Waals surface area contributed by atoms with Crippen LogP contribution in [0.1, 0.15) is 22.3 Å². The van der Waals surface area contributed by atoms with E-state index in [1.165, 1.54) is 0 Å². The monoisotopic (exact) mass is 282 g/mol. The van der Waals surface area contributed by atoms with Crippen LogP contribution in [0.25, 0.3) is 0 Å². The molecule has 5 nitrogen and oxygen atoms in total. The summed E-state index contributed by atoms with van der Waals surface area (Å²) >= 11 is 0. The van der Waals surface area contributed by atoms with Gasteiger partial charge in [0.25, 0.3) is 5.91 Å². The first-order valence-electron chi connectivity index (χ1n) is 6.28. The first kappa shape index (κ1) is 14.0. The topological polar surface area (TPSA) is 89.3 Å². The number of hydrogen-bond donors (Lipinski definition) is 2. The lowest BCUT2D eigenvalue weighted by molar-refractivity contribution is 0.0948. The summed E-state index contributed by atoms with van der Waals surface area (Å²) < 4.78 is 22.6. The first-order chi connectivity index (χ1) is 9.00. The van der Waals surface area contributed by atoms with E-state index in [1.807, 2.05) is 6.07 Å². The van der Waals surface area contributed by atoms with Crippen molar-refractivity contribution in [3.05, 3.63) is 35.4 Å². The largest absolute Gasteiger partial charge is 0.352 e. The Morgan fingerprint density at radius 1 is 1.42 bits per heavy atom. The molecule has 0 bridgehead atoms. The molecule has 1 unspecified atom stereocenters. The second-order valence-corrected chi connectivity index (χ2v) is 7.11. The summed E-state index contributed by atoms with van der Waals surface area (Å²) in [5.41, 5.74) is 6.98. The molecule has 0 aliphatic carbocycles. The van der Waals surface area contributed by atoms with E-state index in [9.17, 15) is 13.2 Å². The molecule has 1 fully saturated rings. The Labute approximate surface area is 113 Å². The van der Waals surface area contributed by atoms with Gasteiger partial charge in [0, 0.05) is 18.7 Å². The van der Waals surface area contributed by atoms with Gasteiger partial charge in [-0.15, -0.1) is 0 Å². The highest BCUT2D eigenvalue weighted by Gasteiger charge is 2.27. The van der Waals surface area contributed by atoms with Crippen molar-refractivity contribution in [3.63, 3.8) is 0 Å². The lowest BCUT2D eigenvalue weighted by Crippen LogP contribution is -2.29. The van der Waals surface area contributed by atoms with Gasteiger partial charge in [0.2, 0.25) is 0 Å². The van der Waals surface area contributed by atoms with E-state index in [2.05, 4.69) is 5.32 Å². The minimum absolute atomic E-state index is 0.0339. The second-order valence-electron chi connectivity index (χ2n) is 4.88. The summed E-state index contributed by atoms with van der Waals surface area (Å²) in [6.45, 7) is 0.799. The number of benzene rings is 1. The van der Waals surface area contributed by atoms with Crippen LogP contribution in [0, 0.1) is 5.92 Å². The van der Waals surface area contributed by atoms with Gasteiger partial charge in [-0.3, -0.25) is 4.79 Å². The molecular formula is C13H18N2O3S. The molecule has 1 aromatic rings. The number of sulfone groups is 1. The maximum atomic E-state index is 11.9. The molecule has 19 heavy (non-hydrogen) atoms. The van der Waals surface area contributed by atoms with Crippen LogP contribution in [0.15, 0.2) is 24.3 Å². The zero-order valence-electron chi connectivity index (χ0n) is 10.6. The molecule has 1 amide bonds. The van der Waals surface area contributed by atoms with E-state index in [1.54, 1.807) is 18.2 Å². The average Bonchev–Trinajstić information content (AvgIpc) is 2.75. The molecule has 0 spiro atoms. The molecule has 0 aromatic heterocycles. The highest BCUT2D eigenvalue weighted by atomic mass is 32.2. The van der Waals surface area contributed by atoms with Crippen LogP contribution >= 0.6 is 0 Å². The molecule has 1 aromatic carbocycles. The van der Waals surface area contributed by atoms with Gasteiger partial charge in [0.05, 0.1) is 11.5 Å². The SMILES string of the molecule is NCc1cccc(C(=O)NCC2CCS(=O)(=O)C2)c1. The second kappa shape index (κ2) is 5.71. The van der Waals surface area contributed by atoms with Crippen molar-refractivity contribution in [2.24, 2.45) is 11.7 Å². The number of carbonyl (C=O) groups excluding carboxylic acids is 1. The molecule has 1 atom stereocenters. The van der Waals surface area contributed by atoms with Crippen LogP contribution < -0.4 is 11.1 Å². The maximum Gasteiger partial charge on any atom is 0.251 e. The van der Waals surface area contributed by atoms with Gasteiger partial charge >= 0.3 is 0 Å². The normalized spacial score (nSPS) is 21.2. The minimum atomic E-state index is -2.89.